The third-order valence-corrected chi connectivity index (χ3v) is 3.56. The molecule has 2 aromatic carbocycles. The van der Waals surface area contributed by atoms with Crippen LogP contribution in [0.3, 0.4) is 0 Å². The van der Waals surface area contributed by atoms with E-state index in [0.717, 1.165) is 0 Å². The van der Waals surface area contributed by atoms with Crippen LogP contribution in [-0.2, 0) is 0 Å². The van der Waals surface area contributed by atoms with Gasteiger partial charge in [0.05, 0.1) is 10.3 Å². The van der Waals surface area contributed by atoms with Crippen LogP contribution in [0, 0.1) is 0 Å². The average molecular weight is 241 g/mol. The van der Waals surface area contributed by atoms with Gasteiger partial charge >= 0.3 is 0 Å². The minimum absolute atomic E-state index is 0.217. The van der Waals surface area contributed by atoms with Crippen molar-refractivity contribution in [2.45, 2.75) is 5.25 Å². The molecule has 0 aliphatic heterocycles. The molecule has 1 nitrogen and oxygen atoms in total. The monoisotopic (exact) mass is 241 g/mol. The zero-order valence-corrected chi connectivity index (χ0v) is 10.4. The molecule has 0 aliphatic carbocycles. The molecule has 0 radical (unpaired) electrons. The van der Waals surface area contributed by atoms with Crippen LogP contribution in [0.1, 0.15) is 16.4 Å². The van der Waals surface area contributed by atoms with E-state index in [1.54, 1.807) is 11.8 Å². The Hall–Kier alpha value is -1.67. The van der Waals surface area contributed by atoms with Crippen LogP contribution in [0.5, 0.6) is 0 Å². The van der Waals surface area contributed by atoms with Gasteiger partial charge in [-0.05, 0) is 11.1 Å². The van der Waals surface area contributed by atoms with Gasteiger partial charge in [-0.1, -0.05) is 79.0 Å². The maximum absolute atomic E-state index is 5.74. The fourth-order valence-corrected chi connectivity index (χ4v) is 2.62. The first kappa shape index (κ1) is 11.8. The van der Waals surface area contributed by atoms with E-state index in [1.807, 2.05) is 36.4 Å². The Labute approximate surface area is 106 Å². The van der Waals surface area contributed by atoms with E-state index in [4.69, 9.17) is 5.73 Å². The highest BCUT2D eigenvalue weighted by molar-refractivity contribution is 8.03. The van der Waals surface area contributed by atoms with Gasteiger partial charge in [-0.15, -0.1) is 0 Å². The second-order valence-electron chi connectivity index (χ2n) is 3.79. The first-order valence-electron chi connectivity index (χ1n) is 5.48. The van der Waals surface area contributed by atoms with Crippen molar-refractivity contribution in [3.05, 3.63) is 83.4 Å². The number of rotatable bonds is 4. The third-order valence-electron chi connectivity index (χ3n) is 2.47. The van der Waals surface area contributed by atoms with Gasteiger partial charge < -0.3 is 5.73 Å². The summed E-state index contributed by atoms with van der Waals surface area (Å²) in [7, 11) is 0. The second kappa shape index (κ2) is 5.60. The van der Waals surface area contributed by atoms with E-state index in [9.17, 15) is 0 Å². The van der Waals surface area contributed by atoms with Crippen LogP contribution in [0.25, 0.3) is 0 Å². The quantitative estimate of drug-likeness (QED) is 0.877. The van der Waals surface area contributed by atoms with Gasteiger partial charge in [0.15, 0.2) is 0 Å². The normalized spacial score (nSPS) is 10.4. The lowest BCUT2D eigenvalue weighted by molar-refractivity contribution is 1.16. The SMILES string of the molecule is C=C(N)SC(c1ccccc1)c1ccccc1. The molecule has 0 spiro atoms. The third kappa shape index (κ3) is 3.14. The molecule has 0 amide bonds. The maximum atomic E-state index is 5.74. The van der Waals surface area contributed by atoms with Gasteiger partial charge in [-0.25, -0.2) is 0 Å². The molecule has 0 unspecified atom stereocenters. The van der Waals surface area contributed by atoms with E-state index in [1.165, 1.54) is 11.1 Å². The summed E-state index contributed by atoms with van der Waals surface area (Å²) in [5, 5.41) is 0.859. The summed E-state index contributed by atoms with van der Waals surface area (Å²) in [6.07, 6.45) is 0. The number of benzene rings is 2. The van der Waals surface area contributed by atoms with E-state index in [0.29, 0.717) is 5.03 Å². The van der Waals surface area contributed by atoms with Crippen molar-refractivity contribution >= 4 is 11.8 Å². The van der Waals surface area contributed by atoms with Crippen molar-refractivity contribution in [3.63, 3.8) is 0 Å². The first-order chi connectivity index (χ1) is 8.27. The molecule has 0 aromatic heterocycles. The molecular formula is C15H15NS. The van der Waals surface area contributed by atoms with E-state index in [2.05, 4.69) is 30.8 Å². The zero-order valence-electron chi connectivity index (χ0n) is 9.54. The standard InChI is InChI=1S/C15H15NS/c1-12(16)17-15(13-8-4-2-5-9-13)14-10-6-3-7-11-14/h2-11,15H,1,16H2. The average Bonchev–Trinajstić information content (AvgIpc) is 2.38. The van der Waals surface area contributed by atoms with Crippen LogP contribution >= 0.6 is 11.8 Å². The van der Waals surface area contributed by atoms with E-state index < -0.39 is 0 Å². The van der Waals surface area contributed by atoms with Gasteiger partial charge in [0.25, 0.3) is 0 Å². The molecule has 0 bridgehead atoms. The summed E-state index contributed by atoms with van der Waals surface area (Å²) in [5.41, 5.74) is 8.23. The number of nitrogens with two attached hydrogens (primary N) is 1. The van der Waals surface area contributed by atoms with Gasteiger partial charge in [0.2, 0.25) is 0 Å². The minimum atomic E-state index is 0.217. The molecule has 0 fully saturated rings. The molecule has 0 saturated carbocycles. The molecule has 2 rings (SSSR count). The van der Waals surface area contributed by atoms with Crippen molar-refractivity contribution in [2.24, 2.45) is 5.73 Å². The molecular weight excluding hydrogens is 226 g/mol. The number of hydrogen-bond donors (Lipinski definition) is 1. The van der Waals surface area contributed by atoms with Crippen molar-refractivity contribution in [2.75, 3.05) is 0 Å². The Bertz CT molecular complexity index is 439. The summed E-state index contributed by atoms with van der Waals surface area (Å²) in [5.74, 6) is 0. The van der Waals surface area contributed by atoms with Gasteiger partial charge in [0.1, 0.15) is 0 Å². The smallest absolute Gasteiger partial charge is 0.0607 e. The lowest BCUT2D eigenvalue weighted by Crippen LogP contribution is -2.00. The maximum Gasteiger partial charge on any atom is 0.0607 e. The molecule has 2 aromatic rings. The Morgan fingerprint density at radius 2 is 1.29 bits per heavy atom. The largest absolute Gasteiger partial charge is 0.394 e. The summed E-state index contributed by atoms with van der Waals surface area (Å²) >= 11 is 1.59. The highest BCUT2D eigenvalue weighted by Gasteiger charge is 2.14. The van der Waals surface area contributed by atoms with Crippen molar-refractivity contribution < 1.29 is 0 Å². The van der Waals surface area contributed by atoms with Crippen molar-refractivity contribution in [3.8, 4) is 0 Å². The van der Waals surface area contributed by atoms with Gasteiger partial charge in [-0.2, -0.15) is 0 Å². The van der Waals surface area contributed by atoms with Gasteiger partial charge in [-0.3, -0.25) is 0 Å². The molecule has 2 heteroatoms. The fraction of sp³-hybridized carbons (Fsp3) is 0.0667. The molecule has 0 atom stereocenters. The lowest BCUT2D eigenvalue weighted by Gasteiger charge is -2.17. The van der Waals surface area contributed by atoms with Crippen LogP contribution in [0.4, 0.5) is 0 Å². The van der Waals surface area contributed by atoms with Crippen molar-refractivity contribution in [1.82, 2.24) is 0 Å². The minimum Gasteiger partial charge on any atom is -0.394 e. The number of thioether (sulfide) groups is 1. The Balaban J connectivity index is 2.36. The second-order valence-corrected chi connectivity index (χ2v) is 5.02. The molecule has 0 aliphatic rings. The van der Waals surface area contributed by atoms with E-state index in [-0.39, 0.29) is 5.25 Å². The highest BCUT2D eigenvalue weighted by Crippen LogP contribution is 2.37. The summed E-state index contributed by atoms with van der Waals surface area (Å²) in [6.45, 7) is 3.79. The zero-order chi connectivity index (χ0) is 12.1. The molecule has 17 heavy (non-hydrogen) atoms. The summed E-state index contributed by atoms with van der Waals surface area (Å²) < 4.78 is 0. The van der Waals surface area contributed by atoms with Crippen LogP contribution < -0.4 is 5.73 Å². The van der Waals surface area contributed by atoms with Crippen LogP contribution in [0.2, 0.25) is 0 Å². The molecule has 2 N–H and O–H groups in total. The fourth-order valence-electron chi connectivity index (χ4n) is 1.74. The number of hydrogen-bond acceptors (Lipinski definition) is 2. The van der Waals surface area contributed by atoms with Crippen LogP contribution in [0.15, 0.2) is 72.3 Å². The topological polar surface area (TPSA) is 26.0 Å². The lowest BCUT2D eigenvalue weighted by atomic mass is 10.0. The molecule has 86 valence electrons. The summed E-state index contributed by atoms with van der Waals surface area (Å²) in [6, 6.07) is 20.7. The molecule has 0 saturated heterocycles. The molecule has 0 heterocycles. The Morgan fingerprint density at radius 1 is 0.882 bits per heavy atom. The summed E-state index contributed by atoms with van der Waals surface area (Å²) in [4.78, 5) is 0. The van der Waals surface area contributed by atoms with Crippen molar-refractivity contribution in [1.29, 1.82) is 0 Å². The van der Waals surface area contributed by atoms with Gasteiger partial charge in [0, 0.05) is 0 Å². The predicted molar refractivity (Wildman–Crippen MR) is 75.6 cm³/mol. The Morgan fingerprint density at radius 3 is 1.65 bits per heavy atom. The predicted octanol–water partition coefficient (Wildman–Crippen LogP) is 3.94. The Kier molecular flexibility index (Phi) is 3.89. The highest BCUT2D eigenvalue weighted by atomic mass is 32.2. The van der Waals surface area contributed by atoms with E-state index >= 15 is 0 Å². The first-order valence-corrected chi connectivity index (χ1v) is 6.36. The van der Waals surface area contributed by atoms with Crippen LogP contribution in [-0.4, -0.2) is 0 Å².